The lowest BCUT2D eigenvalue weighted by Gasteiger charge is -2.32. The van der Waals surface area contributed by atoms with E-state index in [0.29, 0.717) is 32.2 Å². The highest BCUT2D eigenvalue weighted by Crippen LogP contribution is 2.34. The molecule has 0 atom stereocenters. The normalized spacial score (nSPS) is 18.0. The highest BCUT2D eigenvalue weighted by molar-refractivity contribution is 7.89. The van der Waals surface area contributed by atoms with Gasteiger partial charge in [-0.15, -0.1) is 0 Å². The molecule has 1 fully saturated rings. The number of rotatable bonds is 10. The summed E-state index contributed by atoms with van der Waals surface area (Å²) in [5.41, 5.74) is 1.50. The van der Waals surface area contributed by atoms with Crippen LogP contribution >= 0.6 is 0 Å². The predicted octanol–water partition coefficient (Wildman–Crippen LogP) is 6.37. The summed E-state index contributed by atoms with van der Waals surface area (Å²) >= 11 is 0. The molecule has 0 unspecified atom stereocenters. The van der Waals surface area contributed by atoms with Crippen molar-refractivity contribution in [1.82, 2.24) is 9.62 Å². The number of nitrogens with zero attached hydrogens (tertiary/aromatic N) is 1. The lowest BCUT2D eigenvalue weighted by Crippen LogP contribution is -2.39. The van der Waals surface area contributed by atoms with Crippen LogP contribution in [0.5, 0.6) is 0 Å². The van der Waals surface area contributed by atoms with Crippen molar-refractivity contribution in [1.29, 1.82) is 0 Å². The highest BCUT2D eigenvalue weighted by atomic mass is 32.2. The predicted molar refractivity (Wildman–Crippen MR) is 149 cm³/mol. The lowest BCUT2D eigenvalue weighted by atomic mass is 9.81. The Kier molecular flexibility index (Phi) is 9.68. The molecular formula is C31H35F3N2O3S. The molecule has 0 bridgehead atoms. The topological polar surface area (TPSA) is 66.5 Å². The van der Waals surface area contributed by atoms with Gasteiger partial charge in [-0.1, -0.05) is 66.2 Å². The molecule has 0 aromatic heterocycles. The van der Waals surface area contributed by atoms with E-state index in [-0.39, 0.29) is 47.7 Å². The SMILES string of the molecule is Cc1ccc(CNC(=O)C2CCC(CN(CCc3ccccc3C(F)(F)F)S(=O)(=O)c3ccccc3)CC2)cc1. The number of carbonyl (C=O) groups is 1. The zero-order chi connectivity index (χ0) is 28.8. The standard InChI is InChI=1S/C31H35F3N2O3S/c1-23-11-13-24(14-12-23)21-35-30(37)27-17-15-25(16-18-27)22-36(40(38,39)28-8-3-2-4-9-28)20-19-26-7-5-6-10-29(26)31(32,33)34/h2-14,25,27H,15-22H2,1H3,(H,35,37). The number of alkyl halides is 3. The average molecular weight is 573 g/mol. The quantitative estimate of drug-likeness (QED) is 0.307. The fourth-order valence-corrected chi connectivity index (χ4v) is 6.78. The van der Waals surface area contributed by atoms with E-state index in [1.807, 2.05) is 31.2 Å². The summed E-state index contributed by atoms with van der Waals surface area (Å²) in [5, 5.41) is 3.01. The Morgan fingerprint density at radius 3 is 2.17 bits per heavy atom. The van der Waals surface area contributed by atoms with Crippen molar-refractivity contribution in [3.05, 3.63) is 101 Å². The second kappa shape index (κ2) is 13.0. The molecule has 214 valence electrons. The maximum absolute atomic E-state index is 13.6. The molecule has 0 spiro atoms. The Morgan fingerprint density at radius 2 is 1.52 bits per heavy atom. The van der Waals surface area contributed by atoms with E-state index in [0.717, 1.165) is 17.2 Å². The molecule has 5 nitrogen and oxygen atoms in total. The fraction of sp³-hybridized carbons (Fsp3) is 0.387. The van der Waals surface area contributed by atoms with Gasteiger partial charge in [-0.25, -0.2) is 8.42 Å². The van der Waals surface area contributed by atoms with Crippen molar-refractivity contribution >= 4 is 15.9 Å². The summed E-state index contributed by atoms with van der Waals surface area (Å²) in [4.78, 5) is 12.9. The van der Waals surface area contributed by atoms with Crippen LogP contribution in [-0.4, -0.2) is 31.7 Å². The minimum Gasteiger partial charge on any atom is -0.352 e. The molecule has 0 saturated heterocycles. The molecule has 0 aliphatic heterocycles. The summed E-state index contributed by atoms with van der Waals surface area (Å²) in [5.74, 6) is -0.131. The molecule has 3 aromatic rings. The van der Waals surface area contributed by atoms with Crippen LogP contribution in [0.25, 0.3) is 0 Å². The Labute approximate surface area is 234 Å². The van der Waals surface area contributed by atoms with Gasteiger partial charge in [0.2, 0.25) is 15.9 Å². The van der Waals surface area contributed by atoms with Crippen LogP contribution in [0.4, 0.5) is 13.2 Å². The molecule has 1 aliphatic carbocycles. The molecular weight excluding hydrogens is 537 g/mol. The molecule has 1 N–H and O–H groups in total. The number of nitrogens with one attached hydrogen (secondary N) is 1. The fourth-order valence-electron chi connectivity index (χ4n) is 5.25. The maximum Gasteiger partial charge on any atom is 0.416 e. The van der Waals surface area contributed by atoms with Crippen LogP contribution in [0.3, 0.4) is 0 Å². The van der Waals surface area contributed by atoms with Crippen LogP contribution in [-0.2, 0) is 34.0 Å². The van der Waals surface area contributed by atoms with Gasteiger partial charge >= 0.3 is 6.18 Å². The van der Waals surface area contributed by atoms with Crippen LogP contribution in [0.1, 0.15) is 47.9 Å². The van der Waals surface area contributed by atoms with Crippen LogP contribution in [0.15, 0.2) is 83.8 Å². The van der Waals surface area contributed by atoms with Gasteiger partial charge in [0.1, 0.15) is 0 Å². The smallest absolute Gasteiger partial charge is 0.352 e. The van der Waals surface area contributed by atoms with Crippen molar-refractivity contribution in [2.45, 2.75) is 56.6 Å². The van der Waals surface area contributed by atoms with Crippen molar-refractivity contribution in [2.75, 3.05) is 13.1 Å². The monoisotopic (exact) mass is 572 g/mol. The van der Waals surface area contributed by atoms with E-state index >= 15 is 0 Å². The summed E-state index contributed by atoms with van der Waals surface area (Å²) in [6.45, 7) is 2.60. The number of hydrogen-bond acceptors (Lipinski definition) is 3. The van der Waals surface area contributed by atoms with Gasteiger partial charge in [0.15, 0.2) is 0 Å². The van der Waals surface area contributed by atoms with Crippen molar-refractivity contribution in [2.24, 2.45) is 11.8 Å². The van der Waals surface area contributed by atoms with E-state index in [1.165, 1.54) is 34.6 Å². The molecule has 3 aromatic carbocycles. The van der Waals surface area contributed by atoms with E-state index in [4.69, 9.17) is 0 Å². The van der Waals surface area contributed by atoms with Crippen LogP contribution < -0.4 is 5.32 Å². The van der Waals surface area contributed by atoms with Gasteiger partial charge in [-0.05, 0) is 74.3 Å². The molecule has 9 heteroatoms. The zero-order valence-electron chi connectivity index (χ0n) is 22.5. The van der Waals surface area contributed by atoms with Crippen molar-refractivity contribution in [3.8, 4) is 0 Å². The van der Waals surface area contributed by atoms with Crippen molar-refractivity contribution < 1.29 is 26.4 Å². The third-order valence-corrected chi connectivity index (χ3v) is 9.48. The highest BCUT2D eigenvalue weighted by Gasteiger charge is 2.34. The number of aryl methyl sites for hydroxylation is 1. The maximum atomic E-state index is 13.6. The lowest BCUT2D eigenvalue weighted by molar-refractivity contribution is -0.138. The first-order valence-corrected chi connectivity index (χ1v) is 15.0. The van der Waals surface area contributed by atoms with E-state index in [9.17, 15) is 26.4 Å². The number of amides is 1. The summed E-state index contributed by atoms with van der Waals surface area (Å²) in [6.07, 6.45) is -1.96. The van der Waals surface area contributed by atoms with E-state index < -0.39 is 21.8 Å². The van der Waals surface area contributed by atoms with Crippen LogP contribution in [0.2, 0.25) is 0 Å². The van der Waals surface area contributed by atoms with Gasteiger partial charge in [0.25, 0.3) is 0 Å². The summed E-state index contributed by atoms with van der Waals surface area (Å²) in [6, 6.07) is 21.3. The molecule has 1 saturated carbocycles. The Bertz CT molecular complexity index is 1370. The van der Waals surface area contributed by atoms with Gasteiger partial charge < -0.3 is 5.32 Å². The largest absolute Gasteiger partial charge is 0.416 e. The second-order valence-electron chi connectivity index (χ2n) is 10.5. The zero-order valence-corrected chi connectivity index (χ0v) is 23.3. The summed E-state index contributed by atoms with van der Waals surface area (Å²) in [7, 11) is -3.92. The minimum absolute atomic E-state index is 0.00320. The molecule has 1 aliphatic rings. The average Bonchev–Trinajstić information content (AvgIpc) is 2.95. The number of hydrogen-bond donors (Lipinski definition) is 1. The first-order valence-electron chi connectivity index (χ1n) is 13.6. The number of carbonyl (C=O) groups excluding carboxylic acids is 1. The molecule has 40 heavy (non-hydrogen) atoms. The van der Waals surface area contributed by atoms with E-state index in [2.05, 4.69) is 5.32 Å². The second-order valence-corrected chi connectivity index (χ2v) is 12.4. The van der Waals surface area contributed by atoms with Gasteiger partial charge in [-0.3, -0.25) is 4.79 Å². The van der Waals surface area contributed by atoms with E-state index in [1.54, 1.807) is 18.2 Å². The third-order valence-electron chi connectivity index (χ3n) is 7.60. The first kappa shape index (κ1) is 29.8. The molecule has 4 rings (SSSR count). The van der Waals surface area contributed by atoms with Gasteiger partial charge in [-0.2, -0.15) is 17.5 Å². The molecule has 0 radical (unpaired) electrons. The minimum atomic E-state index is -4.52. The number of sulfonamides is 1. The Morgan fingerprint density at radius 1 is 0.900 bits per heavy atom. The van der Waals surface area contributed by atoms with Crippen LogP contribution in [0, 0.1) is 18.8 Å². The number of benzene rings is 3. The molecule has 0 heterocycles. The van der Waals surface area contributed by atoms with Gasteiger partial charge in [0.05, 0.1) is 10.5 Å². The van der Waals surface area contributed by atoms with Crippen molar-refractivity contribution in [3.63, 3.8) is 0 Å². The Hall–Kier alpha value is -3.17. The Balaban J connectivity index is 1.41. The number of halogens is 3. The summed E-state index contributed by atoms with van der Waals surface area (Å²) < 4.78 is 69.1. The van der Waals surface area contributed by atoms with Gasteiger partial charge in [0, 0.05) is 25.6 Å². The first-order chi connectivity index (χ1) is 19.0. The molecule has 1 amide bonds. The third kappa shape index (κ3) is 7.73.